The van der Waals surface area contributed by atoms with Gasteiger partial charge in [0, 0.05) is 10.2 Å². The Morgan fingerprint density at radius 1 is 1.13 bits per heavy atom. The molecule has 15 heavy (non-hydrogen) atoms. The van der Waals surface area contributed by atoms with E-state index in [-0.39, 0.29) is 0 Å². The van der Waals surface area contributed by atoms with Gasteiger partial charge in [0.15, 0.2) is 0 Å². The first-order valence-corrected chi connectivity index (χ1v) is 7.81. The Labute approximate surface area is 105 Å². The zero-order valence-corrected chi connectivity index (χ0v) is 11.4. The minimum atomic E-state index is 1.14. The third-order valence-corrected chi connectivity index (χ3v) is 4.51. The van der Waals surface area contributed by atoms with E-state index in [0.717, 1.165) is 5.33 Å². The van der Waals surface area contributed by atoms with E-state index in [1.54, 1.807) is 11.1 Å². The van der Waals surface area contributed by atoms with E-state index in [1.807, 2.05) is 11.8 Å². The summed E-state index contributed by atoms with van der Waals surface area (Å²) in [5, 5.41) is 1.14. The molecule has 0 fully saturated rings. The third-order valence-electron chi connectivity index (χ3n) is 2.87. The van der Waals surface area contributed by atoms with Gasteiger partial charge in [0.2, 0.25) is 0 Å². The first-order chi connectivity index (χ1) is 7.40. The summed E-state index contributed by atoms with van der Waals surface area (Å²) in [7, 11) is 0. The standard InChI is InChI=1S/C13H17BrS/c14-8-1-2-9-15-13-7-6-11-4-3-5-12(11)10-13/h6-7,10H,1-5,8-9H2. The van der Waals surface area contributed by atoms with Crippen molar-refractivity contribution >= 4 is 27.7 Å². The fraction of sp³-hybridized carbons (Fsp3) is 0.538. The summed E-state index contributed by atoms with van der Waals surface area (Å²) in [6, 6.07) is 7.03. The SMILES string of the molecule is BrCCCCSc1ccc2c(c1)CCC2. The van der Waals surface area contributed by atoms with Gasteiger partial charge in [0.25, 0.3) is 0 Å². The molecule has 0 aromatic heterocycles. The molecular weight excluding hydrogens is 268 g/mol. The van der Waals surface area contributed by atoms with E-state index in [1.165, 1.54) is 42.8 Å². The van der Waals surface area contributed by atoms with Crippen LogP contribution in [0.4, 0.5) is 0 Å². The monoisotopic (exact) mass is 284 g/mol. The molecule has 0 aliphatic heterocycles. The number of rotatable bonds is 5. The van der Waals surface area contributed by atoms with Crippen LogP contribution in [0.2, 0.25) is 0 Å². The number of hydrogen-bond donors (Lipinski definition) is 0. The molecule has 0 heterocycles. The van der Waals surface area contributed by atoms with E-state index in [0.29, 0.717) is 0 Å². The van der Waals surface area contributed by atoms with Crippen LogP contribution < -0.4 is 0 Å². The number of benzene rings is 1. The molecule has 1 aromatic rings. The number of aryl methyl sites for hydroxylation is 2. The summed E-state index contributed by atoms with van der Waals surface area (Å²) in [5.41, 5.74) is 3.18. The topological polar surface area (TPSA) is 0 Å². The lowest BCUT2D eigenvalue weighted by atomic mass is 10.1. The van der Waals surface area contributed by atoms with Crippen LogP contribution in [0.15, 0.2) is 23.1 Å². The lowest BCUT2D eigenvalue weighted by molar-refractivity contribution is 0.910. The summed E-state index contributed by atoms with van der Waals surface area (Å²) in [6.45, 7) is 0. The van der Waals surface area contributed by atoms with E-state index in [2.05, 4.69) is 34.1 Å². The van der Waals surface area contributed by atoms with Gasteiger partial charge in [0.05, 0.1) is 0 Å². The fourth-order valence-electron chi connectivity index (χ4n) is 2.02. The zero-order chi connectivity index (χ0) is 10.5. The summed E-state index contributed by atoms with van der Waals surface area (Å²) in [6.07, 6.45) is 6.55. The molecule has 1 aliphatic carbocycles. The maximum atomic E-state index is 3.47. The Balaban J connectivity index is 1.87. The largest absolute Gasteiger partial charge is 0.126 e. The van der Waals surface area contributed by atoms with E-state index >= 15 is 0 Å². The molecule has 2 rings (SSSR count). The van der Waals surface area contributed by atoms with Crippen molar-refractivity contribution in [3.8, 4) is 0 Å². The molecule has 82 valence electrons. The van der Waals surface area contributed by atoms with Gasteiger partial charge in [-0.2, -0.15) is 0 Å². The van der Waals surface area contributed by atoms with Crippen LogP contribution in [0.1, 0.15) is 30.4 Å². The van der Waals surface area contributed by atoms with Crippen molar-refractivity contribution in [2.24, 2.45) is 0 Å². The maximum Gasteiger partial charge on any atom is 0.00748 e. The van der Waals surface area contributed by atoms with Gasteiger partial charge in [-0.05, 0) is 61.1 Å². The van der Waals surface area contributed by atoms with Crippen molar-refractivity contribution in [1.29, 1.82) is 0 Å². The second-order valence-electron chi connectivity index (χ2n) is 4.03. The highest BCUT2D eigenvalue weighted by Crippen LogP contribution is 2.27. The first kappa shape index (κ1) is 11.5. The first-order valence-electron chi connectivity index (χ1n) is 5.71. The minimum Gasteiger partial charge on any atom is -0.126 e. The lowest BCUT2D eigenvalue weighted by Crippen LogP contribution is -1.85. The highest BCUT2D eigenvalue weighted by Gasteiger charge is 2.10. The molecule has 0 unspecified atom stereocenters. The van der Waals surface area contributed by atoms with Crippen molar-refractivity contribution in [2.45, 2.75) is 37.0 Å². The van der Waals surface area contributed by atoms with Crippen molar-refractivity contribution in [1.82, 2.24) is 0 Å². The lowest BCUT2D eigenvalue weighted by Gasteiger charge is -2.04. The molecule has 0 radical (unpaired) electrons. The van der Waals surface area contributed by atoms with Crippen LogP contribution in [0.25, 0.3) is 0 Å². The second-order valence-corrected chi connectivity index (χ2v) is 5.99. The Morgan fingerprint density at radius 2 is 2.00 bits per heavy atom. The van der Waals surface area contributed by atoms with Crippen molar-refractivity contribution < 1.29 is 0 Å². The van der Waals surface area contributed by atoms with E-state index in [4.69, 9.17) is 0 Å². The van der Waals surface area contributed by atoms with Crippen molar-refractivity contribution in [3.63, 3.8) is 0 Å². The molecule has 0 amide bonds. The van der Waals surface area contributed by atoms with Gasteiger partial charge >= 0.3 is 0 Å². The van der Waals surface area contributed by atoms with Gasteiger partial charge in [-0.3, -0.25) is 0 Å². The summed E-state index contributed by atoms with van der Waals surface area (Å²) in [5.74, 6) is 1.25. The average molecular weight is 285 g/mol. The smallest absolute Gasteiger partial charge is 0.00748 e. The highest BCUT2D eigenvalue weighted by molar-refractivity contribution is 9.09. The van der Waals surface area contributed by atoms with Gasteiger partial charge in [0.1, 0.15) is 0 Å². The molecule has 0 saturated carbocycles. The van der Waals surface area contributed by atoms with Gasteiger partial charge in [-0.25, -0.2) is 0 Å². The molecule has 0 bridgehead atoms. The van der Waals surface area contributed by atoms with Crippen LogP contribution in [0.3, 0.4) is 0 Å². The summed E-state index contributed by atoms with van der Waals surface area (Å²) in [4.78, 5) is 1.46. The van der Waals surface area contributed by atoms with Crippen LogP contribution in [-0.4, -0.2) is 11.1 Å². The quantitative estimate of drug-likeness (QED) is 0.438. The van der Waals surface area contributed by atoms with Gasteiger partial charge < -0.3 is 0 Å². The normalized spacial score (nSPS) is 14.2. The van der Waals surface area contributed by atoms with Crippen molar-refractivity contribution in [2.75, 3.05) is 11.1 Å². The Kier molecular flexibility index (Phi) is 4.58. The molecule has 0 spiro atoms. The van der Waals surface area contributed by atoms with Crippen LogP contribution in [0.5, 0.6) is 0 Å². The molecule has 2 heteroatoms. The van der Waals surface area contributed by atoms with E-state index in [9.17, 15) is 0 Å². The second kappa shape index (κ2) is 5.95. The van der Waals surface area contributed by atoms with Crippen molar-refractivity contribution in [3.05, 3.63) is 29.3 Å². The van der Waals surface area contributed by atoms with Crippen LogP contribution >= 0.6 is 27.7 Å². The zero-order valence-electron chi connectivity index (χ0n) is 8.97. The molecule has 0 saturated heterocycles. The highest BCUT2D eigenvalue weighted by atomic mass is 79.9. The number of halogens is 1. The third kappa shape index (κ3) is 3.25. The number of thioether (sulfide) groups is 1. The van der Waals surface area contributed by atoms with Crippen LogP contribution in [-0.2, 0) is 12.8 Å². The minimum absolute atomic E-state index is 1.14. The predicted molar refractivity (Wildman–Crippen MR) is 72.2 cm³/mol. The molecule has 0 atom stereocenters. The number of alkyl halides is 1. The Hall–Kier alpha value is 0.0500. The average Bonchev–Trinajstić information content (AvgIpc) is 2.71. The van der Waals surface area contributed by atoms with Crippen LogP contribution in [0, 0.1) is 0 Å². The molecule has 1 aliphatic rings. The van der Waals surface area contributed by atoms with Gasteiger partial charge in [-0.15, -0.1) is 11.8 Å². The number of fused-ring (bicyclic) bond motifs is 1. The summed E-state index contributed by atoms with van der Waals surface area (Å²) < 4.78 is 0. The molecule has 1 aromatic carbocycles. The molecule has 0 N–H and O–H groups in total. The molecule has 0 nitrogen and oxygen atoms in total. The number of hydrogen-bond acceptors (Lipinski definition) is 1. The maximum absolute atomic E-state index is 3.47. The summed E-state index contributed by atoms with van der Waals surface area (Å²) >= 11 is 5.47. The van der Waals surface area contributed by atoms with Gasteiger partial charge in [-0.1, -0.05) is 22.0 Å². The van der Waals surface area contributed by atoms with E-state index < -0.39 is 0 Å². The fourth-order valence-corrected chi connectivity index (χ4v) is 3.40. The Morgan fingerprint density at radius 3 is 2.87 bits per heavy atom. The predicted octanol–water partition coefficient (Wildman–Crippen LogP) is 4.44. The number of unbranched alkanes of at least 4 members (excludes halogenated alkanes) is 1. The molecular formula is C13H17BrS. The Bertz CT molecular complexity index is 322.